The van der Waals surface area contributed by atoms with E-state index in [1.807, 2.05) is 12.1 Å². The van der Waals surface area contributed by atoms with Crippen LogP contribution in [0.5, 0.6) is 0 Å². The summed E-state index contributed by atoms with van der Waals surface area (Å²) < 4.78 is 12.8. The maximum Gasteiger partial charge on any atom is 0.244 e. The van der Waals surface area contributed by atoms with Gasteiger partial charge in [-0.05, 0) is 23.5 Å². The SMILES string of the molecule is C[Si]1(c2ccccc2)CO[Si](C)(c2ccccc2)CO1. The Morgan fingerprint density at radius 1 is 0.650 bits per heavy atom. The van der Waals surface area contributed by atoms with Crippen LogP contribution in [0.1, 0.15) is 0 Å². The second-order valence-electron chi connectivity index (χ2n) is 5.77. The lowest BCUT2D eigenvalue weighted by Gasteiger charge is -2.41. The number of hydrogen-bond acceptors (Lipinski definition) is 2. The number of hydrogen-bond donors (Lipinski definition) is 0. The summed E-state index contributed by atoms with van der Waals surface area (Å²) in [6.07, 6.45) is 1.52. The lowest BCUT2D eigenvalue weighted by Crippen LogP contribution is -2.66. The Morgan fingerprint density at radius 3 is 1.30 bits per heavy atom. The van der Waals surface area contributed by atoms with Crippen LogP contribution in [0, 0.1) is 0 Å². The molecule has 0 N–H and O–H groups in total. The third kappa shape index (κ3) is 2.52. The minimum absolute atomic E-state index is 0.759. The molecule has 0 saturated carbocycles. The van der Waals surface area contributed by atoms with Gasteiger partial charge < -0.3 is 8.85 Å². The van der Waals surface area contributed by atoms with E-state index < -0.39 is 16.6 Å². The monoisotopic (exact) mass is 300 g/mol. The fourth-order valence-electron chi connectivity index (χ4n) is 2.59. The smallest absolute Gasteiger partial charge is 0.244 e. The molecule has 104 valence electrons. The lowest BCUT2D eigenvalue weighted by molar-refractivity contribution is 0.243. The Morgan fingerprint density at radius 2 is 1.00 bits per heavy atom. The molecule has 1 saturated heterocycles. The molecule has 2 aromatic carbocycles. The summed E-state index contributed by atoms with van der Waals surface area (Å²) in [5.74, 6) is 0. The van der Waals surface area contributed by atoms with Gasteiger partial charge in [0.05, 0.1) is 12.5 Å². The van der Waals surface area contributed by atoms with Gasteiger partial charge in [0.25, 0.3) is 0 Å². The molecule has 20 heavy (non-hydrogen) atoms. The molecule has 2 unspecified atom stereocenters. The molecule has 4 heteroatoms. The van der Waals surface area contributed by atoms with Gasteiger partial charge in [0.1, 0.15) is 0 Å². The first-order valence-corrected chi connectivity index (χ1v) is 12.2. The van der Waals surface area contributed by atoms with Gasteiger partial charge >= 0.3 is 0 Å². The highest BCUT2D eigenvalue weighted by molar-refractivity contribution is 6.92. The van der Waals surface area contributed by atoms with Crippen LogP contribution >= 0.6 is 0 Å². The molecule has 2 nitrogen and oxygen atoms in total. The molecule has 3 rings (SSSR count). The number of rotatable bonds is 2. The molecule has 2 atom stereocenters. The Balaban J connectivity index is 1.80. The summed E-state index contributed by atoms with van der Waals surface area (Å²) in [6.45, 7) is 4.50. The van der Waals surface area contributed by atoms with E-state index in [0.29, 0.717) is 0 Å². The van der Waals surface area contributed by atoms with E-state index in [1.54, 1.807) is 0 Å². The average Bonchev–Trinajstić information content (AvgIpc) is 2.52. The molecular formula is C16H20O2Si2. The molecule has 1 heterocycles. The Labute approximate surface area is 122 Å². The second-order valence-corrected chi connectivity index (χ2v) is 13.0. The molecular weight excluding hydrogens is 280 g/mol. The van der Waals surface area contributed by atoms with Crippen molar-refractivity contribution in [1.82, 2.24) is 0 Å². The van der Waals surface area contributed by atoms with Crippen molar-refractivity contribution in [3.8, 4) is 0 Å². The Hall–Kier alpha value is -1.21. The van der Waals surface area contributed by atoms with E-state index in [4.69, 9.17) is 8.85 Å². The normalized spacial score (nSPS) is 30.1. The molecule has 0 radical (unpaired) electrons. The first-order valence-electron chi connectivity index (χ1n) is 7.01. The quantitative estimate of drug-likeness (QED) is 0.791. The Bertz CT molecular complexity index is 510. The molecule has 1 fully saturated rings. The van der Waals surface area contributed by atoms with Crippen LogP contribution in [0.4, 0.5) is 0 Å². The van der Waals surface area contributed by atoms with Gasteiger partial charge in [-0.25, -0.2) is 0 Å². The molecule has 0 aliphatic carbocycles. The van der Waals surface area contributed by atoms with Crippen LogP contribution < -0.4 is 10.4 Å². The molecule has 0 amide bonds. The van der Waals surface area contributed by atoms with Gasteiger partial charge in [-0.1, -0.05) is 60.7 Å². The lowest BCUT2D eigenvalue weighted by atomic mass is 10.4. The molecule has 1 aliphatic rings. The zero-order chi connectivity index (χ0) is 14.1. The van der Waals surface area contributed by atoms with Crippen LogP contribution in [0.25, 0.3) is 0 Å². The van der Waals surface area contributed by atoms with E-state index in [9.17, 15) is 0 Å². The van der Waals surface area contributed by atoms with Crippen LogP contribution in [0.15, 0.2) is 60.7 Å². The van der Waals surface area contributed by atoms with Gasteiger partial charge in [-0.15, -0.1) is 0 Å². The summed E-state index contributed by atoms with van der Waals surface area (Å²) in [5, 5.41) is 2.65. The van der Waals surface area contributed by atoms with Crippen molar-refractivity contribution in [2.75, 3.05) is 12.5 Å². The van der Waals surface area contributed by atoms with E-state index in [-0.39, 0.29) is 0 Å². The summed E-state index contributed by atoms with van der Waals surface area (Å²) >= 11 is 0. The fraction of sp³-hybridized carbons (Fsp3) is 0.250. The highest BCUT2D eigenvalue weighted by atomic mass is 28.4. The van der Waals surface area contributed by atoms with Crippen molar-refractivity contribution >= 4 is 27.0 Å². The maximum absolute atomic E-state index is 6.40. The zero-order valence-corrected chi connectivity index (χ0v) is 14.0. The van der Waals surface area contributed by atoms with Crippen molar-refractivity contribution in [3.63, 3.8) is 0 Å². The Kier molecular flexibility index (Phi) is 3.64. The van der Waals surface area contributed by atoms with Crippen molar-refractivity contribution in [3.05, 3.63) is 60.7 Å². The molecule has 1 aliphatic heterocycles. The summed E-state index contributed by atoms with van der Waals surface area (Å²) in [7, 11) is -3.84. The van der Waals surface area contributed by atoms with Crippen molar-refractivity contribution < 1.29 is 8.85 Å². The first kappa shape index (κ1) is 13.8. The standard InChI is InChI=1S/C16H20O2Si2/c1-19(15-9-5-3-6-10-15)13-18-20(2,14-17-19)16-11-7-4-8-12-16/h3-12H,13-14H2,1-2H3. The number of benzene rings is 2. The third-order valence-electron chi connectivity index (χ3n) is 4.10. The van der Waals surface area contributed by atoms with Crippen molar-refractivity contribution in [2.24, 2.45) is 0 Å². The summed E-state index contributed by atoms with van der Waals surface area (Å²) in [4.78, 5) is 0. The topological polar surface area (TPSA) is 18.5 Å². The summed E-state index contributed by atoms with van der Waals surface area (Å²) in [5.41, 5.74) is 0. The van der Waals surface area contributed by atoms with Crippen LogP contribution in [-0.2, 0) is 8.85 Å². The fourth-order valence-corrected chi connectivity index (χ4v) is 9.97. The van der Waals surface area contributed by atoms with Crippen LogP contribution in [0.3, 0.4) is 0 Å². The molecule has 0 bridgehead atoms. The maximum atomic E-state index is 6.40. The van der Waals surface area contributed by atoms with Gasteiger partial charge in [0, 0.05) is 0 Å². The minimum Gasteiger partial charge on any atom is -0.411 e. The van der Waals surface area contributed by atoms with Gasteiger partial charge in [-0.3, -0.25) is 0 Å². The molecule has 2 aromatic rings. The molecule has 0 spiro atoms. The highest BCUT2D eigenvalue weighted by Gasteiger charge is 2.45. The van der Waals surface area contributed by atoms with Crippen LogP contribution in [0.2, 0.25) is 13.1 Å². The predicted molar refractivity (Wildman–Crippen MR) is 87.3 cm³/mol. The van der Waals surface area contributed by atoms with Gasteiger partial charge in [0.2, 0.25) is 16.6 Å². The van der Waals surface area contributed by atoms with Crippen molar-refractivity contribution in [1.29, 1.82) is 0 Å². The average molecular weight is 301 g/mol. The van der Waals surface area contributed by atoms with Gasteiger partial charge in [-0.2, -0.15) is 0 Å². The first-order chi connectivity index (χ1) is 9.62. The van der Waals surface area contributed by atoms with Gasteiger partial charge in [0.15, 0.2) is 0 Å². The second kappa shape index (κ2) is 5.29. The van der Waals surface area contributed by atoms with Crippen molar-refractivity contribution in [2.45, 2.75) is 13.1 Å². The van der Waals surface area contributed by atoms with E-state index in [1.165, 1.54) is 10.4 Å². The molecule has 0 aromatic heterocycles. The minimum atomic E-state index is -1.92. The van der Waals surface area contributed by atoms with E-state index >= 15 is 0 Å². The predicted octanol–water partition coefficient (Wildman–Crippen LogP) is 2.08. The zero-order valence-electron chi connectivity index (χ0n) is 12.0. The third-order valence-corrected chi connectivity index (χ3v) is 10.7. The summed E-state index contributed by atoms with van der Waals surface area (Å²) in [6, 6.07) is 21.1. The largest absolute Gasteiger partial charge is 0.411 e. The highest BCUT2D eigenvalue weighted by Crippen LogP contribution is 2.19. The van der Waals surface area contributed by atoms with E-state index in [2.05, 4.69) is 61.6 Å². The van der Waals surface area contributed by atoms with E-state index in [0.717, 1.165) is 12.5 Å². The van der Waals surface area contributed by atoms with Crippen LogP contribution in [-0.4, -0.2) is 29.1 Å².